The van der Waals surface area contributed by atoms with Crippen LogP contribution in [0.2, 0.25) is 0 Å². The number of hydrogen-bond acceptors (Lipinski definition) is 5. The highest BCUT2D eigenvalue weighted by atomic mass is 16.6. The number of non-ortho nitro benzene ring substituents is 1. The molecule has 20 heavy (non-hydrogen) atoms. The Morgan fingerprint density at radius 2 is 2.15 bits per heavy atom. The molecule has 2 aliphatic heterocycles. The number of ether oxygens (including phenoxy) is 1. The van der Waals surface area contributed by atoms with E-state index in [0.29, 0.717) is 16.8 Å². The number of hydrogen-bond donors (Lipinski definition) is 1. The maximum Gasteiger partial charge on any atom is 0.336 e. The Kier molecular flexibility index (Phi) is 2.74. The summed E-state index contributed by atoms with van der Waals surface area (Å²) in [7, 11) is 0. The van der Waals surface area contributed by atoms with Crippen molar-refractivity contribution in [1.82, 2.24) is 5.32 Å². The molecule has 2 aliphatic rings. The minimum Gasteiger partial charge on any atom is -0.456 e. The predicted octanol–water partition coefficient (Wildman–Crippen LogP) is 1.01. The fourth-order valence-corrected chi connectivity index (χ4v) is 2.52. The Morgan fingerprint density at radius 3 is 2.90 bits per heavy atom. The van der Waals surface area contributed by atoms with Crippen molar-refractivity contribution in [2.24, 2.45) is 0 Å². The van der Waals surface area contributed by atoms with Crippen LogP contribution >= 0.6 is 0 Å². The topological polar surface area (TPSA) is 98.5 Å². The van der Waals surface area contributed by atoms with Crippen LogP contribution in [0.25, 0.3) is 0 Å². The van der Waals surface area contributed by atoms with Crippen LogP contribution < -0.4 is 5.32 Å². The Labute approximate surface area is 113 Å². The van der Waals surface area contributed by atoms with E-state index in [4.69, 9.17) is 4.74 Å². The van der Waals surface area contributed by atoms with E-state index < -0.39 is 16.8 Å². The summed E-state index contributed by atoms with van der Waals surface area (Å²) in [5.41, 5.74) is 1.36. The molecule has 0 fully saturated rings. The number of carbonyl (C=O) groups excluding carboxylic acids is 2. The Hall–Kier alpha value is -2.70. The smallest absolute Gasteiger partial charge is 0.336 e. The van der Waals surface area contributed by atoms with Crippen molar-refractivity contribution in [2.45, 2.75) is 12.3 Å². The van der Waals surface area contributed by atoms with Crippen molar-refractivity contribution in [3.8, 4) is 0 Å². The predicted molar refractivity (Wildman–Crippen MR) is 66.6 cm³/mol. The highest BCUT2D eigenvalue weighted by Gasteiger charge is 2.38. The van der Waals surface area contributed by atoms with E-state index in [1.54, 1.807) is 12.1 Å². The molecule has 102 valence electrons. The van der Waals surface area contributed by atoms with Crippen LogP contribution in [-0.2, 0) is 14.3 Å². The number of esters is 1. The number of carbonyl (C=O) groups is 2. The second-order valence-corrected chi connectivity index (χ2v) is 4.63. The highest BCUT2D eigenvalue weighted by Crippen LogP contribution is 2.37. The molecule has 0 saturated carbocycles. The van der Waals surface area contributed by atoms with Crippen LogP contribution in [0.3, 0.4) is 0 Å². The number of benzene rings is 1. The van der Waals surface area contributed by atoms with E-state index in [-0.39, 0.29) is 24.6 Å². The molecule has 1 atom stereocenters. The molecule has 1 unspecified atom stereocenters. The van der Waals surface area contributed by atoms with Crippen molar-refractivity contribution in [3.63, 3.8) is 0 Å². The summed E-state index contributed by atoms with van der Waals surface area (Å²) in [5.74, 6) is -1.19. The van der Waals surface area contributed by atoms with E-state index in [1.165, 1.54) is 12.1 Å². The minimum absolute atomic E-state index is 0.0470. The van der Waals surface area contributed by atoms with Gasteiger partial charge < -0.3 is 10.1 Å². The first kappa shape index (κ1) is 12.3. The van der Waals surface area contributed by atoms with Crippen LogP contribution in [0.4, 0.5) is 5.69 Å². The molecule has 7 heteroatoms. The molecule has 1 aromatic carbocycles. The molecule has 1 amide bonds. The monoisotopic (exact) mass is 274 g/mol. The first-order valence-corrected chi connectivity index (χ1v) is 6.00. The number of nitrogens with one attached hydrogen (secondary N) is 1. The lowest BCUT2D eigenvalue weighted by atomic mass is 9.85. The molecule has 0 bridgehead atoms. The molecule has 0 aliphatic carbocycles. The summed E-state index contributed by atoms with van der Waals surface area (Å²) in [6.45, 7) is 0.0470. The summed E-state index contributed by atoms with van der Waals surface area (Å²) in [5, 5.41) is 13.4. The van der Waals surface area contributed by atoms with Gasteiger partial charge in [0.25, 0.3) is 5.69 Å². The molecule has 0 saturated heterocycles. The molecule has 0 radical (unpaired) electrons. The molecule has 3 rings (SSSR count). The van der Waals surface area contributed by atoms with E-state index in [0.717, 1.165) is 0 Å². The largest absolute Gasteiger partial charge is 0.456 e. The van der Waals surface area contributed by atoms with Gasteiger partial charge in [0.05, 0.1) is 16.2 Å². The second kappa shape index (κ2) is 4.44. The van der Waals surface area contributed by atoms with Crippen molar-refractivity contribution in [2.75, 3.05) is 6.61 Å². The van der Waals surface area contributed by atoms with Gasteiger partial charge in [-0.05, 0) is 5.56 Å². The standard InChI is InChI=1S/C13H10N2O5/c16-11-5-9(12-10(14-11)6-20-13(12)17)7-2-1-3-8(4-7)15(18)19/h1-4,9H,5-6H2,(H,14,16). The van der Waals surface area contributed by atoms with Gasteiger partial charge in [-0.1, -0.05) is 12.1 Å². The van der Waals surface area contributed by atoms with Gasteiger partial charge in [0.2, 0.25) is 5.91 Å². The number of rotatable bonds is 2. The van der Waals surface area contributed by atoms with Gasteiger partial charge in [0.1, 0.15) is 6.61 Å². The maximum absolute atomic E-state index is 11.8. The fourth-order valence-electron chi connectivity index (χ4n) is 2.52. The van der Waals surface area contributed by atoms with E-state index in [1.807, 2.05) is 0 Å². The van der Waals surface area contributed by atoms with Crippen LogP contribution in [0.15, 0.2) is 35.5 Å². The van der Waals surface area contributed by atoms with Gasteiger partial charge >= 0.3 is 5.97 Å². The van der Waals surface area contributed by atoms with Gasteiger partial charge in [0.15, 0.2) is 0 Å². The van der Waals surface area contributed by atoms with Gasteiger partial charge in [-0.25, -0.2) is 4.79 Å². The molecular weight excluding hydrogens is 264 g/mol. The second-order valence-electron chi connectivity index (χ2n) is 4.63. The Balaban J connectivity index is 2.06. The van der Waals surface area contributed by atoms with Gasteiger partial charge in [0, 0.05) is 24.5 Å². The number of nitro groups is 1. The van der Waals surface area contributed by atoms with Crippen LogP contribution in [0, 0.1) is 10.1 Å². The van der Waals surface area contributed by atoms with Crippen LogP contribution in [0.5, 0.6) is 0 Å². The summed E-state index contributed by atoms with van der Waals surface area (Å²) in [6, 6.07) is 5.97. The van der Waals surface area contributed by atoms with E-state index in [9.17, 15) is 19.7 Å². The molecule has 0 spiro atoms. The third kappa shape index (κ3) is 1.93. The number of nitrogens with zero attached hydrogens (tertiary/aromatic N) is 1. The minimum atomic E-state index is -0.505. The molecule has 2 heterocycles. The van der Waals surface area contributed by atoms with Crippen molar-refractivity contribution >= 4 is 17.6 Å². The lowest BCUT2D eigenvalue weighted by Gasteiger charge is -2.22. The highest BCUT2D eigenvalue weighted by molar-refractivity contribution is 5.98. The zero-order valence-corrected chi connectivity index (χ0v) is 10.3. The van der Waals surface area contributed by atoms with Crippen LogP contribution in [0.1, 0.15) is 17.9 Å². The van der Waals surface area contributed by atoms with Crippen molar-refractivity contribution in [1.29, 1.82) is 0 Å². The number of cyclic esters (lactones) is 1. The third-order valence-electron chi connectivity index (χ3n) is 3.40. The summed E-state index contributed by atoms with van der Waals surface area (Å²) in [4.78, 5) is 33.7. The van der Waals surface area contributed by atoms with Crippen molar-refractivity contribution < 1.29 is 19.2 Å². The third-order valence-corrected chi connectivity index (χ3v) is 3.40. The average Bonchev–Trinajstić information content (AvgIpc) is 2.79. The number of amides is 1. The lowest BCUT2D eigenvalue weighted by Crippen LogP contribution is -2.32. The quantitative estimate of drug-likeness (QED) is 0.493. The normalized spacial score (nSPS) is 21.3. The first-order chi connectivity index (χ1) is 9.56. The van der Waals surface area contributed by atoms with Crippen molar-refractivity contribution in [3.05, 3.63) is 51.2 Å². The molecule has 1 aromatic rings. The summed E-state index contributed by atoms with van der Waals surface area (Å²) < 4.78 is 4.92. The number of nitro benzene ring substituents is 1. The molecular formula is C13H10N2O5. The zero-order valence-electron chi connectivity index (χ0n) is 10.3. The Bertz CT molecular complexity index is 664. The molecule has 0 aromatic heterocycles. The Morgan fingerprint density at radius 1 is 1.35 bits per heavy atom. The maximum atomic E-state index is 11.8. The van der Waals surface area contributed by atoms with E-state index >= 15 is 0 Å². The molecule has 7 nitrogen and oxygen atoms in total. The zero-order chi connectivity index (χ0) is 14.3. The molecule has 1 N–H and O–H groups in total. The first-order valence-electron chi connectivity index (χ1n) is 6.00. The van der Waals surface area contributed by atoms with Gasteiger partial charge in [-0.3, -0.25) is 14.9 Å². The van der Waals surface area contributed by atoms with Gasteiger partial charge in [-0.15, -0.1) is 0 Å². The van der Waals surface area contributed by atoms with Gasteiger partial charge in [-0.2, -0.15) is 0 Å². The lowest BCUT2D eigenvalue weighted by molar-refractivity contribution is -0.384. The van der Waals surface area contributed by atoms with E-state index in [2.05, 4.69) is 5.32 Å². The fraction of sp³-hybridized carbons (Fsp3) is 0.231. The average molecular weight is 274 g/mol. The summed E-state index contributed by atoms with van der Waals surface area (Å²) >= 11 is 0. The van der Waals surface area contributed by atoms with Crippen LogP contribution in [-0.4, -0.2) is 23.4 Å². The SMILES string of the molecule is O=C1CC(c2cccc([N+](=O)[O-])c2)C2=C(COC2=O)N1. The summed E-state index contributed by atoms with van der Waals surface area (Å²) in [6.07, 6.45) is 0.0785.